The number of sulfonamides is 1. The SMILES string of the molecule is CCC(C)[NH+]1CCN(S(=O)(=O)c2ccc(F)cc2)CC1. The zero-order valence-corrected chi connectivity index (χ0v) is 12.8. The van der Waals surface area contributed by atoms with Crippen molar-refractivity contribution >= 4 is 10.0 Å². The Kier molecular flexibility index (Phi) is 4.78. The number of hydrogen-bond donors (Lipinski definition) is 1. The lowest BCUT2D eigenvalue weighted by atomic mass is 10.2. The molecule has 0 bridgehead atoms. The van der Waals surface area contributed by atoms with E-state index in [1.807, 2.05) is 0 Å². The summed E-state index contributed by atoms with van der Waals surface area (Å²) in [6.07, 6.45) is 1.10. The van der Waals surface area contributed by atoms with Crippen LogP contribution in [0.3, 0.4) is 0 Å². The Balaban J connectivity index is 2.07. The van der Waals surface area contributed by atoms with Crippen molar-refractivity contribution < 1.29 is 17.7 Å². The molecule has 112 valence electrons. The summed E-state index contributed by atoms with van der Waals surface area (Å²) in [6.45, 7) is 7.06. The summed E-state index contributed by atoms with van der Waals surface area (Å²) < 4.78 is 39.3. The molecule has 4 nitrogen and oxygen atoms in total. The molecule has 1 unspecified atom stereocenters. The van der Waals surface area contributed by atoms with Gasteiger partial charge in [-0.15, -0.1) is 0 Å². The van der Waals surface area contributed by atoms with E-state index in [4.69, 9.17) is 0 Å². The van der Waals surface area contributed by atoms with Gasteiger partial charge in [0, 0.05) is 0 Å². The average molecular weight is 301 g/mol. The van der Waals surface area contributed by atoms with Crippen molar-refractivity contribution in [3.63, 3.8) is 0 Å². The first-order valence-electron chi connectivity index (χ1n) is 7.05. The molecule has 1 aliphatic heterocycles. The highest BCUT2D eigenvalue weighted by Crippen LogP contribution is 2.16. The van der Waals surface area contributed by atoms with Gasteiger partial charge in [0.25, 0.3) is 0 Å². The van der Waals surface area contributed by atoms with Gasteiger partial charge < -0.3 is 4.90 Å². The second-order valence-corrected chi connectivity index (χ2v) is 7.26. The van der Waals surface area contributed by atoms with Crippen molar-refractivity contribution in [2.45, 2.75) is 31.2 Å². The molecule has 1 saturated heterocycles. The average Bonchev–Trinajstić information content (AvgIpc) is 2.47. The van der Waals surface area contributed by atoms with E-state index < -0.39 is 15.8 Å². The number of hydrogen-bond acceptors (Lipinski definition) is 2. The second-order valence-electron chi connectivity index (χ2n) is 5.33. The highest BCUT2D eigenvalue weighted by Gasteiger charge is 2.31. The van der Waals surface area contributed by atoms with Gasteiger partial charge in [-0.25, -0.2) is 12.8 Å². The highest BCUT2D eigenvalue weighted by atomic mass is 32.2. The van der Waals surface area contributed by atoms with Gasteiger partial charge in [-0.05, 0) is 37.6 Å². The first-order chi connectivity index (χ1) is 9.45. The minimum Gasteiger partial charge on any atom is -0.331 e. The van der Waals surface area contributed by atoms with Crippen LogP contribution in [0.4, 0.5) is 4.39 Å². The van der Waals surface area contributed by atoms with Crippen LogP contribution in [-0.2, 0) is 10.0 Å². The van der Waals surface area contributed by atoms with Gasteiger partial charge in [-0.1, -0.05) is 6.92 Å². The van der Waals surface area contributed by atoms with E-state index in [9.17, 15) is 12.8 Å². The number of piperazine rings is 1. The number of nitrogens with one attached hydrogen (secondary N) is 1. The Morgan fingerprint density at radius 3 is 2.30 bits per heavy atom. The third kappa shape index (κ3) is 3.19. The number of benzene rings is 1. The zero-order chi connectivity index (χ0) is 14.8. The molecule has 1 aromatic carbocycles. The van der Waals surface area contributed by atoms with Crippen molar-refractivity contribution in [1.82, 2.24) is 4.31 Å². The topological polar surface area (TPSA) is 41.8 Å². The van der Waals surface area contributed by atoms with Crippen LogP contribution < -0.4 is 4.90 Å². The van der Waals surface area contributed by atoms with Crippen LogP contribution in [0.25, 0.3) is 0 Å². The summed E-state index contributed by atoms with van der Waals surface area (Å²) in [4.78, 5) is 1.63. The molecule has 0 radical (unpaired) electrons. The third-order valence-corrected chi connectivity index (χ3v) is 6.04. The molecule has 20 heavy (non-hydrogen) atoms. The lowest BCUT2D eigenvalue weighted by Gasteiger charge is -2.34. The van der Waals surface area contributed by atoms with Crippen molar-refractivity contribution in [3.05, 3.63) is 30.1 Å². The molecule has 2 rings (SSSR count). The standard InChI is InChI=1S/C14H21FN2O2S/c1-3-12(2)16-8-10-17(11-9-16)20(18,19)14-6-4-13(15)5-7-14/h4-7,12H,3,8-11H2,1-2H3/p+1. The van der Waals surface area contributed by atoms with Crippen LogP contribution in [0.2, 0.25) is 0 Å². The van der Waals surface area contributed by atoms with Gasteiger partial charge in [-0.3, -0.25) is 0 Å². The summed E-state index contributed by atoms with van der Waals surface area (Å²) in [6, 6.07) is 5.60. The van der Waals surface area contributed by atoms with Gasteiger partial charge in [0.05, 0.1) is 37.1 Å². The van der Waals surface area contributed by atoms with E-state index >= 15 is 0 Å². The summed E-state index contributed by atoms with van der Waals surface area (Å²) in [5.74, 6) is -0.421. The fourth-order valence-corrected chi connectivity index (χ4v) is 3.99. The minimum absolute atomic E-state index is 0.172. The Hall–Kier alpha value is -0.980. The Morgan fingerprint density at radius 2 is 1.80 bits per heavy atom. The van der Waals surface area contributed by atoms with Crippen LogP contribution in [0, 0.1) is 5.82 Å². The van der Waals surface area contributed by atoms with Gasteiger partial charge in [0.2, 0.25) is 10.0 Å². The molecule has 0 aliphatic carbocycles. The van der Waals surface area contributed by atoms with E-state index in [2.05, 4.69) is 13.8 Å². The molecule has 0 aromatic heterocycles. The van der Waals surface area contributed by atoms with E-state index in [0.717, 1.165) is 19.5 Å². The number of halogens is 1. The Morgan fingerprint density at radius 1 is 1.25 bits per heavy atom. The van der Waals surface area contributed by atoms with E-state index in [-0.39, 0.29) is 4.90 Å². The summed E-state index contributed by atoms with van der Waals surface area (Å²) in [7, 11) is -3.48. The second kappa shape index (κ2) is 6.20. The van der Waals surface area contributed by atoms with Gasteiger partial charge in [0.15, 0.2) is 0 Å². The monoisotopic (exact) mass is 301 g/mol. The molecule has 0 amide bonds. The maximum Gasteiger partial charge on any atom is 0.243 e. The molecule has 1 atom stereocenters. The summed E-state index contributed by atoms with van der Waals surface area (Å²) in [5, 5.41) is 0. The lowest BCUT2D eigenvalue weighted by Crippen LogP contribution is -3.17. The van der Waals surface area contributed by atoms with Crippen molar-refractivity contribution in [1.29, 1.82) is 0 Å². The van der Waals surface area contributed by atoms with Crippen LogP contribution in [0.1, 0.15) is 20.3 Å². The maximum atomic E-state index is 12.9. The van der Waals surface area contributed by atoms with Gasteiger partial charge >= 0.3 is 0 Å². The number of nitrogens with zero attached hydrogens (tertiary/aromatic N) is 1. The summed E-state index contributed by atoms with van der Waals surface area (Å²) >= 11 is 0. The first kappa shape index (κ1) is 15.4. The lowest BCUT2D eigenvalue weighted by molar-refractivity contribution is -0.927. The zero-order valence-electron chi connectivity index (χ0n) is 12.0. The molecule has 1 fully saturated rings. The normalized spacial score (nSPS) is 19.9. The van der Waals surface area contributed by atoms with E-state index in [0.29, 0.717) is 19.1 Å². The molecular formula is C14H22FN2O2S+. The quantitative estimate of drug-likeness (QED) is 0.881. The fourth-order valence-electron chi connectivity index (χ4n) is 2.55. The van der Waals surface area contributed by atoms with E-state index in [1.165, 1.54) is 33.5 Å². The first-order valence-corrected chi connectivity index (χ1v) is 8.49. The smallest absolute Gasteiger partial charge is 0.243 e. The van der Waals surface area contributed by atoms with Crippen LogP contribution in [0.15, 0.2) is 29.2 Å². The molecule has 1 aliphatic rings. The number of quaternary nitrogens is 1. The van der Waals surface area contributed by atoms with Gasteiger partial charge in [-0.2, -0.15) is 4.31 Å². The predicted molar refractivity (Wildman–Crippen MR) is 75.6 cm³/mol. The molecule has 1 N–H and O–H groups in total. The Bertz CT molecular complexity index is 537. The van der Waals surface area contributed by atoms with E-state index in [1.54, 1.807) is 0 Å². The molecular weight excluding hydrogens is 279 g/mol. The summed E-state index contributed by atoms with van der Waals surface area (Å²) in [5.41, 5.74) is 0. The van der Waals surface area contributed by atoms with Gasteiger partial charge in [0.1, 0.15) is 5.82 Å². The van der Waals surface area contributed by atoms with Crippen molar-refractivity contribution in [2.24, 2.45) is 0 Å². The number of rotatable bonds is 4. The predicted octanol–water partition coefficient (Wildman–Crippen LogP) is 0.513. The van der Waals surface area contributed by atoms with Crippen molar-refractivity contribution in [3.8, 4) is 0 Å². The molecule has 0 saturated carbocycles. The Labute approximate surface area is 120 Å². The third-order valence-electron chi connectivity index (χ3n) is 4.13. The molecule has 1 aromatic rings. The largest absolute Gasteiger partial charge is 0.331 e. The molecule has 1 heterocycles. The molecule has 0 spiro atoms. The molecule has 6 heteroatoms. The van der Waals surface area contributed by atoms with Crippen LogP contribution >= 0.6 is 0 Å². The van der Waals surface area contributed by atoms with Crippen LogP contribution in [-0.4, -0.2) is 44.9 Å². The van der Waals surface area contributed by atoms with Crippen molar-refractivity contribution in [2.75, 3.05) is 26.2 Å². The fraction of sp³-hybridized carbons (Fsp3) is 0.571. The van der Waals surface area contributed by atoms with Crippen LogP contribution in [0.5, 0.6) is 0 Å². The minimum atomic E-state index is -3.48. The highest BCUT2D eigenvalue weighted by molar-refractivity contribution is 7.89. The maximum absolute atomic E-state index is 12.9.